The van der Waals surface area contributed by atoms with Crippen molar-refractivity contribution in [3.8, 4) is 0 Å². The highest BCUT2D eigenvalue weighted by Crippen LogP contribution is 2.13. The average Bonchev–Trinajstić information content (AvgIpc) is 2.87. The van der Waals surface area contributed by atoms with E-state index in [-0.39, 0.29) is 12.1 Å². The lowest BCUT2D eigenvalue weighted by atomic mass is 10.2. The van der Waals surface area contributed by atoms with Gasteiger partial charge in [0, 0.05) is 19.2 Å². The second kappa shape index (κ2) is 7.06. The Kier molecular flexibility index (Phi) is 5.14. The van der Waals surface area contributed by atoms with E-state index in [1.54, 1.807) is 7.11 Å². The minimum atomic E-state index is -0.584. The fourth-order valence-electron chi connectivity index (χ4n) is 1.76. The molecule has 1 aromatic heterocycles. The molecule has 0 aliphatic heterocycles. The van der Waals surface area contributed by atoms with Gasteiger partial charge in [0.25, 0.3) is 0 Å². The molecule has 20 heavy (non-hydrogen) atoms. The quantitative estimate of drug-likeness (QED) is 0.779. The van der Waals surface area contributed by atoms with Crippen LogP contribution in [0.15, 0.2) is 24.5 Å². The Morgan fingerprint density at radius 1 is 1.30 bits per heavy atom. The van der Waals surface area contributed by atoms with Gasteiger partial charge in [-0.25, -0.2) is 18.4 Å². The first-order valence-electron chi connectivity index (χ1n) is 6.21. The zero-order valence-electron chi connectivity index (χ0n) is 11.1. The lowest BCUT2D eigenvalue weighted by molar-refractivity contribution is 0.198. The second-order valence-electron chi connectivity index (χ2n) is 4.20. The van der Waals surface area contributed by atoms with Gasteiger partial charge >= 0.3 is 0 Å². The third kappa shape index (κ3) is 3.58. The van der Waals surface area contributed by atoms with Gasteiger partial charge in [-0.05, 0) is 12.1 Å². The highest BCUT2D eigenvalue weighted by Gasteiger charge is 2.12. The molecule has 0 fully saturated rings. The number of halogens is 2. The molecule has 1 heterocycles. The lowest BCUT2D eigenvalue weighted by Gasteiger charge is -2.08. The largest absolute Gasteiger partial charge is 0.383 e. The van der Waals surface area contributed by atoms with Crippen LogP contribution >= 0.6 is 0 Å². The second-order valence-corrected chi connectivity index (χ2v) is 4.20. The van der Waals surface area contributed by atoms with E-state index in [2.05, 4.69) is 15.4 Å². The van der Waals surface area contributed by atoms with Crippen molar-refractivity contribution >= 4 is 0 Å². The van der Waals surface area contributed by atoms with E-state index in [4.69, 9.17) is 4.74 Å². The molecule has 2 rings (SSSR count). The lowest BCUT2D eigenvalue weighted by Crippen LogP contribution is -2.22. The van der Waals surface area contributed by atoms with Crippen LogP contribution in [0, 0.1) is 11.6 Å². The molecule has 0 radical (unpaired) electrons. The molecule has 0 atom stereocenters. The first-order valence-corrected chi connectivity index (χ1v) is 6.21. The molecule has 1 aromatic carbocycles. The molecule has 2 aromatic rings. The molecule has 0 amide bonds. The third-order valence-corrected chi connectivity index (χ3v) is 2.83. The summed E-state index contributed by atoms with van der Waals surface area (Å²) in [7, 11) is 1.62. The highest BCUT2D eigenvalue weighted by molar-refractivity contribution is 5.20. The van der Waals surface area contributed by atoms with Crippen LogP contribution in [-0.4, -0.2) is 35.0 Å². The number of aromatic nitrogens is 3. The van der Waals surface area contributed by atoms with Crippen LogP contribution in [0.5, 0.6) is 0 Å². The topological polar surface area (TPSA) is 52.0 Å². The van der Waals surface area contributed by atoms with Crippen molar-refractivity contribution in [2.45, 2.75) is 13.1 Å². The molecule has 0 unspecified atom stereocenters. The van der Waals surface area contributed by atoms with Gasteiger partial charge in [-0.2, -0.15) is 5.10 Å². The molecule has 108 valence electrons. The summed E-state index contributed by atoms with van der Waals surface area (Å²) in [5, 5.41) is 7.10. The van der Waals surface area contributed by atoms with Crippen molar-refractivity contribution in [1.29, 1.82) is 0 Å². The Balaban J connectivity index is 2.05. The number of ether oxygens (including phenoxy) is 1. The number of hydrogen-bond donors (Lipinski definition) is 1. The zero-order valence-corrected chi connectivity index (χ0v) is 11.1. The van der Waals surface area contributed by atoms with E-state index in [9.17, 15) is 8.78 Å². The Morgan fingerprint density at radius 2 is 2.05 bits per heavy atom. The molecule has 0 saturated heterocycles. The van der Waals surface area contributed by atoms with Gasteiger partial charge in [0.1, 0.15) is 23.8 Å². The van der Waals surface area contributed by atoms with Crippen molar-refractivity contribution in [3.63, 3.8) is 0 Å². The fourth-order valence-corrected chi connectivity index (χ4v) is 1.76. The predicted molar refractivity (Wildman–Crippen MR) is 69.1 cm³/mol. The van der Waals surface area contributed by atoms with E-state index in [0.717, 1.165) is 0 Å². The Hall–Kier alpha value is -1.86. The molecule has 7 heteroatoms. The summed E-state index contributed by atoms with van der Waals surface area (Å²) in [4.78, 5) is 4.07. The SMILES string of the molecule is COCCNCc1ncnn1Cc1c(F)cccc1F. The van der Waals surface area contributed by atoms with Gasteiger partial charge in [-0.1, -0.05) is 6.07 Å². The van der Waals surface area contributed by atoms with E-state index in [0.29, 0.717) is 25.5 Å². The van der Waals surface area contributed by atoms with Crippen LogP contribution in [0.4, 0.5) is 8.78 Å². The van der Waals surface area contributed by atoms with Gasteiger partial charge in [-0.15, -0.1) is 0 Å². The van der Waals surface area contributed by atoms with Crippen LogP contribution in [0.3, 0.4) is 0 Å². The van der Waals surface area contributed by atoms with Crippen molar-refractivity contribution in [2.24, 2.45) is 0 Å². The number of rotatable bonds is 7. The monoisotopic (exact) mass is 282 g/mol. The number of nitrogens with zero attached hydrogens (tertiary/aromatic N) is 3. The summed E-state index contributed by atoms with van der Waals surface area (Å²) >= 11 is 0. The van der Waals surface area contributed by atoms with Crippen LogP contribution < -0.4 is 5.32 Å². The first kappa shape index (κ1) is 14.5. The first-order chi connectivity index (χ1) is 9.72. The predicted octanol–water partition coefficient (Wildman–Crippen LogP) is 1.34. The minimum absolute atomic E-state index is 0.0137. The van der Waals surface area contributed by atoms with Gasteiger partial charge in [0.2, 0.25) is 0 Å². The summed E-state index contributed by atoms with van der Waals surface area (Å²) in [6.45, 7) is 1.72. The van der Waals surface area contributed by atoms with E-state index >= 15 is 0 Å². The van der Waals surface area contributed by atoms with Crippen LogP contribution in [0.1, 0.15) is 11.4 Å². The maximum Gasteiger partial charge on any atom is 0.141 e. The van der Waals surface area contributed by atoms with Gasteiger partial charge in [0.15, 0.2) is 0 Å². The van der Waals surface area contributed by atoms with E-state index in [1.165, 1.54) is 29.2 Å². The number of hydrogen-bond acceptors (Lipinski definition) is 4. The molecule has 0 spiro atoms. The molecular formula is C13H16F2N4O. The number of benzene rings is 1. The maximum atomic E-state index is 13.6. The normalized spacial score (nSPS) is 10.9. The molecule has 1 N–H and O–H groups in total. The zero-order chi connectivity index (χ0) is 14.4. The van der Waals surface area contributed by atoms with Gasteiger partial charge < -0.3 is 10.1 Å². The summed E-state index contributed by atoms with van der Waals surface area (Å²) < 4.78 is 33.6. The Morgan fingerprint density at radius 3 is 2.75 bits per heavy atom. The Labute approximate surface area is 115 Å². The summed E-state index contributed by atoms with van der Waals surface area (Å²) in [5.74, 6) is -0.554. The van der Waals surface area contributed by atoms with Gasteiger partial charge in [0.05, 0.1) is 19.7 Å². The van der Waals surface area contributed by atoms with Crippen molar-refractivity contribution in [2.75, 3.05) is 20.3 Å². The summed E-state index contributed by atoms with van der Waals surface area (Å²) in [5.41, 5.74) is -0.0175. The highest BCUT2D eigenvalue weighted by atomic mass is 19.1. The van der Waals surface area contributed by atoms with Crippen molar-refractivity contribution in [1.82, 2.24) is 20.1 Å². The summed E-state index contributed by atoms with van der Waals surface area (Å²) in [6.07, 6.45) is 1.37. The molecule has 0 aliphatic rings. The van der Waals surface area contributed by atoms with Crippen LogP contribution in [0.25, 0.3) is 0 Å². The maximum absolute atomic E-state index is 13.6. The molecule has 0 aliphatic carbocycles. The standard InChI is InChI=1S/C13H16F2N4O/c1-20-6-5-16-7-13-17-9-18-19(13)8-10-11(14)3-2-4-12(10)15/h2-4,9,16H,5-8H2,1H3. The van der Waals surface area contributed by atoms with Crippen molar-refractivity contribution < 1.29 is 13.5 Å². The third-order valence-electron chi connectivity index (χ3n) is 2.83. The van der Waals surface area contributed by atoms with Gasteiger partial charge in [-0.3, -0.25) is 0 Å². The molecule has 5 nitrogen and oxygen atoms in total. The van der Waals surface area contributed by atoms with E-state index < -0.39 is 11.6 Å². The Bertz CT molecular complexity index is 539. The smallest absolute Gasteiger partial charge is 0.141 e. The number of nitrogens with one attached hydrogen (secondary N) is 1. The van der Waals surface area contributed by atoms with Crippen molar-refractivity contribution in [3.05, 3.63) is 47.5 Å². The number of methoxy groups -OCH3 is 1. The minimum Gasteiger partial charge on any atom is -0.383 e. The molecule has 0 saturated carbocycles. The molecule has 0 bridgehead atoms. The molecular weight excluding hydrogens is 266 g/mol. The average molecular weight is 282 g/mol. The van der Waals surface area contributed by atoms with E-state index in [1.807, 2.05) is 0 Å². The van der Waals surface area contributed by atoms with Crippen LogP contribution in [-0.2, 0) is 17.8 Å². The summed E-state index contributed by atoms with van der Waals surface area (Å²) in [6, 6.07) is 3.79. The van der Waals surface area contributed by atoms with Crippen LogP contribution in [0.2, 0.25) is 0 Å². The fraction of sp³-hybridized carbons (Fsp3) is 0.385.